The van der Waals surface area contributed by atoms with E-state index in [0.29, 0.717) is 6.42 Å². The molecule has 26 heavy (non-hydrogen) atoms. The zero-order valence-corrected chi connectivity index (χ0v) is 18.0. The van der Waals surface area contributed by atoms with E-state index >= 15 is 0 Å². The van der Waals surface area contributed by atoms with E-state index < -0.39 is 11.2 Å². The minimum atomic E-state index is -0.515. The average Bonchev–Trinajstić information content (AvgIpc) is 2.90. The first-order valence-corrected chi connectivity index (χ1v) is 9.79. The van der Waals surface area contributed by atoms with Crippen molar-refractivity contribution in [3.8, 4) is 0 Å². The standard InChI is InChI=1S/C21H37NO4/c1-19(2,3)22-11-15-13(17(23)25-20(4,5)6)10-14(16(15)12-22)18(24)26-21(7,8)9/h13-16H,10-12H2,1-9H3. The van der Waals surface area contributed by atoms with Gasteiger partial charge in [0.05, 0.1) is 11.8 Å². The summed E-state index contributed by atoms with van der Waals surface area (Å²) in [5, 5.41) is 0. The summed E-state index contributed by atoms with van der Waals surface area (Å²) in [6.07, 6.45) is 0.539. The van der Waals surface area contributed by atoms with Crippen molar-refractivity contribution in [2.75, 3.05) is 13.1 Å². The lowest BCUT2D eigenvalue weighted by Crippen LogP contribution is -2.42. The third-order valence-corrected chi connectivity index (χ3v) is 5.32. The first-order valence-electron chi connectivity index (χ1n) is 9.79. The smallest absolute Gasteiger partial charge is 0.309 e. The second kappa shape index (κ2) is 6.81. The number of carbonyl (C=O) groups excluding carboxylic acids is 2. The van der Waals surface area contributed by atoms with Gasteiger partial charge >= 0.3 is 11.9 Å². The molecule has 2 rings (SSSR count). The van der Waals surface area contributed by atoms with Crippen molar-refractivity contribution < 1.29 is 19.1 Å². The summed E-state index contributed by atoms with van der Waals surface area (Å²) in [4.78, 5) is 28.0. The molecule has 1 saturated carbocycles. The molecule has 0 bridgehead atoms. The molecule has 0 amide bonds. The lowest BCUT2D eigenvalue weighted by molar-refractivity contribution is -0.162. The predicted molar refractivity (Wildman–Crippen MR) is 102 cm³/mol. The average molecular weight is 368 g/mol. The van der Waals surface area contributed by atoms with E-state index in [-0.39, 0.29) is 41.1 Å². The summed E-state index contributed by atoms with van der Waals surface area (Å²) in [7, 11) is 0. The van der Waals surface area contributed by atoms with Gasteiger partial charge in [-0.15, -0.1) is 0 Å². The Morgan fingerprint density at radius 3 is 1.35 bits per heavy atom. The Hall–Kier alpha value is -1.10. The van der Waals surface area contributed by atoms with Gasteiger partial charge in [-0.2, -0.15) is 0 Å². The highest BCUT2D eigenvalue weighted by atomic mass is 16.6. The molecule has 1 heterocycles. The van der Waals surface area contributed by atoms with Gasteiger partial charge in [0.15, 0.2) is 0 Å². The Morgan fingerprint density at radius 1 is 0.731 bits per heavy atom. The van der Waals surface area contributed by atoms with Gasteiger partial charge in [0.25, 0.3) is 0 Å². The number of fused-ring (bicyclic) bond motifs is 1. The topological polar surface area (TPSA) is 55.8 Å². The van der Waals surface area contributed by atoms with E-state index in [9.17, 15) is 9.59 Å². The van der Waals surface area contributed by atoms with Crippen molar-refractivity contribution >= 4 is 11.9 Å². The van der Waals surface area contributed by atoms with Crippen LogP contribution < -0.4 is 0 Å². The van der Waals surface area contributed by atoms with Crippen LogP contribution >= 0.6 is 0 Å². The maximum absolute atomic E-state index is 12.8. The fraction of sp³-hybridized carbons (Fsp3) is 0.905. The molecule has 0 aromatic carbocycles. The number of hydrogen-bond donors (Lipinski definition) is 0. The molecule has 4 unspecified atom stereocenters. The molecule has 2 aliphatic rings. The van der Waals surface area contributed by atoms with Gasteiger partial charge in [0.1, 0.15) is 11.2 Å². The monoisotopic (exact) mass is 367 g/mol. The molecule has 5 heteroatoms. The Balaban J connectivity index is 2.23. The molecule has 0 spiro atoms. The highest BCUT2D eigenvalue weighted by Crippen LogP contribution is 2.49. The summed E-state index contributed by atoms with van der Waals surface area (Å²) < 4.78 is 11.3. The Morgan fingerprint density at radius 2 is 1.08 bits per heavy atom. The fourth-order valence-electron chi connectivity index (χ4n) is 4.17. The number of likely N-dealkylation sites (tertiary alicyclic amines) is 1. The lowest BCUT2D eigenvalue weighted by Gasteiger charge is -2.33. The van der Waals surface area contributed by atoms with E-state index in [4.69, 9.17) is 9.47 Å². The predicted octanol–water partition coefficient (Wildman–Crippen LogP) is 3.65. The van der Waals surface area contributed by atoms with Gasteiger partial charge in [-0.3, -0.25) is 14.5 Å². The van der Waals surface area contributed by atoms with Crippen LogP contribution in [0, 0.1) is 23.7 Å². The van der Waals surface area contributed by atoms with Crippen LogP contribution in [0.2, 0.25) is 0 Å². The zero-order valence-electron chi connectivity index (χ0n) is 18.0. The molecule has 0 aromatic rings. The van der Waals surface area contributed by atoms with Crippen LogP contribution in [0.1, 0.15) is 68.7 Å². The molecular weight excluding hydrogens is 330 g/mol. The molecule has 5 nitrogen and oxygen atoms in total. The van der Waals surface area contributed by atoms with Gasteiger partial charge in [-0.1, -0.05) is 0 Å². The third kappa shape index (κ3) is 4.99. The second-order valence-corrected chi connectivity index (χ2v) is 10.9. The molecule has 1 aliphatic heterocycles. The molecule has 1 saturated heterocycles. The van der Waals surface area contributed by atoms with Gasteiger partial charge in [0.2, 0.25) is 0 Å². The SMILES string of the molecule is CC(C)(C)OC(=O)C1CC(C(=O)OC(C)(C)C)C2CN(C(C)(C)C)CC12. The number of esters is 2. The third-order valence-electron chi connectivity index (χ3n) is 5.32. The lowest BCUT2D eigenvalue weighted by atomic mass is 9.90. The van der Waals surface area contributed by atoms with Gasteiger partial charge in [0, 0.05) is 18.6 Å². The number of carbonyl (C=O) groups is 2. The number of nitrogens with zero attached hydrogens (tertiary/aromatic N) is 1. The number of ether oxygens (including phenoxy) is 2. The Kier molecular flexibility index (Phi) is 5.55. The fourth-order valence-corrected chi connectivity index (χ4v) is 4.17. The van der Waals surface area contributed by atoms with Crippen LogP contribution in [0.3, 0.4) is 0 Å². The minimum absolute atomic E-state index is 0.0152. The summed E-state index contributed by atoms with van der Waals surface area (Å²) in [6, 6.07) is 0. The van der Waals surface area contributed by atoms with Crippen LogP contribution in [0.4, 0.5) is 0 Å². The Labute approximate surface area is 158 Å². The maximum Gasteiger partial charge on any atom is 0.309 e. The van der Waals surface area contributed by atoms with Crippen LogP contribution in [0.15, 0.2) is 0 Å². The van der Waals surface area contributed by atoms with Crippen molar-refractivity contribution in [2.45, 2.75) is 85.5 Å². The summed E-state index contributed by atoms with van der Waals surface area (Å²) in [6.45, 7) is 19.5. The zero-order chi connectivity index (χ0) is 20.1. The highest BCUT2D eigenvalue weighted by Gasteiger charge is 2.56. The summed E-state index contributed by atoms with van der Waals surface area (Å²) in [5.41, 5.74) is -1.01. The van der Waals surface area contributed by atoms with Gasteiger partial charge < -0.3 is 9.47 Å². The van der Waals surface area contributed by atoms with Crippen molar-refractivity contribution in [1.82, 2.24) is 4.90 Å². The maximum atomic E-state index is 12.8. The van der Waals surface area contributed by atoms with Gasteiger partial charge in [-0.25, -0.2) is 0 Å². The van der Waals surface area contributed by atoms with Gasteiger partial charge in [-0.05, 0) is 80.6 Å². The second-order valence-electron chi connectivity index (χ2n) is 10.9. The molecule has 0 radical (unpaired) electrons. The first kappa shape index (κ1) is 21.2. The molecule has 0 aromatic heterocycles. The molecule has 4 atom stereocenters. The molecule has 0 N–H and O–H groups in total. The molecule has 1 aliphatic carbocycles. The van der Waals surface area contributed by atoms with Crippen molar-refractivity contribution in [3.63, 3.8) is 0 Å². The highest BCUT2D eigenvalue weighted by molar-refractivity contribution is 5.79. The van der Waals surface area contributed by atoms with E-state index in [1.54, 1.807) is 0 Å². The van der Waals surface area contributed by atoms with E-state index in [0.717, 1.165) is 13.1 Å². The van der Waals surface area contributed by atoms with E-state index in [1.807, 2.05) is 41.5 Å². The van der Waals surface area contributed by atoms with Crippen molar-refractivity contribution in [1.29, 1.82) is 0 Å². The van der Waals surface area contributed by atoms with Crippen LogP contribution in [-0.2, 0) is 19.1 Å². The van der Waals surface area contributed by atoms with Crippen molar-refractivity contribution in [2.24, 2.45) is 23.7 Å². The van der Waals surface area contributed by atoms with E-state index in [2.05, 4.69) is 25.7 Å². The largest absolute Gasteiger partial charge is 0.460 e. The minimum Gasteiger partial charge on any atom is -0.460 e. The quantitative estimate of drug-likeness (QED) is 0.697. The molecular formula is C21H37NO4. The normalized spacial score (nSPS) is 30.2. The summed E-state index contributed by atoms with van der Waals surface area (Å²) >= 11 is 0. The Bertz CT molecular complexity index is 508. The van der Waals surface area contributed by atoms with E-state index in [1.165, 1.54) is 0 Å². The van der Waals surface area contributed by atoms with Crippen molar-refractivity contribution in [3.05, 3.63) is 0 Å². The first-order chi connectivity index (χ1) is 11.6. The molecule has 150 valence electrons. The summed E-state index contributed by atoms with van der Waals surface area (Å²) in [5.74, 6) is -0.500. The van der Waals surface area contributed by atoms with Crippen LogP contribution in [0.25, 0.3) is 0 Å². The molecule has 2 fully saturated rings. The number of rotatable bonds is 2. The number of hydrogen-bond acceptors (Lipinski definition) is 5. The van der Waals surface area contributed by atoms with Crippen LogP contribution in [0.5, 0.6) is 0 Å². The van der Waals surface area contributed by atoms with Crippen LogP contribution in [-0.4, -0.2) is 46.7 Å².